The van der Waals surface area contributed by atoms with E-state index in [2.05, 4.69) is 47.0 Å². The Hall–Kier alpha value is -1.72. The summed E-state index contributed by atoms with van der Waals surface area (Å²) in [4.78, 5) is 0. The van der Waals surface area contributed by atoms with Crippen LogP contribution in [0.4, 0.5) is 0 Å². The van der Waals surface area contributed by atoms with E-state index in [0.717, 1.165) is 35.4 Å². The summed E-state index contributed by atoms with van der Waals surface area (Å²) in [5.74, 6) is 0.895. The molecule has 0 fully saturated rings. The largest absolute Gasteiger partial charge is 0.459 e. The van der Waals surface area contributed by atoms with Crippen LogP contribution >= 0.6 is 11.5 Å². The summed E-state index contributed by atoms with van der Waals surface area (Å²) < 4.78 is 9.94. The molecule has 0 amide bonds. The third-order valence-corrected chi connectivity index (χ3v) is 3.77. The fourth-order valence-corrected chi connectivity index (χ4v) is 2.74. The predicted molar refractivity (Wildman–Crippen MR) is 81.0 cm³/mol. The molecule has 4 nitrogen and oxygen atoms in total. The summed E-state index contributed by atoms with van der Waals surface area (Å²) in [5, 5.41) is 10.7. The number of hydrogen-bond acceptors (Lipinski definition) is 5. The molecule has 2 aromatic heterocycles. The molecule has 1 unspecified atom stereocenters. The van der Waals surface area contributed by atoms with Gasteiger partial charge in [-0.1, -0.05) is 23.0 Å². The molecule has 3 rings (SSSR count). The molecule has 2 heterocycles. The zero-order chi connectivity index (χ0) is 13.9. The Labute approximate surface area is 122 Å². The summed E-state index contributed by atoms with van der Waals surface area (Å²) in [7, 11) is 0. The topological polar surface area (TPSA) is 51.0 Å². The van der Waals surface area contributed by atoms with E-state index < -0.39 is 0 Å². The van der Waals surface area contributed by atoms with Gasteiger partial charge in [0.25, 0.3) is 0 Å². The Morgan fingerprint density at radius 3 is 3.00 bits per heavy atom. The van der Waals surface area contributed by atoms with Crippen molar-refractivity contribution >= 4 is 22.5 Å². The summed E-state index contributed by atoms with van der Waals surface area (Å²) in [6, 6.07) is 8.29. The Morgan fingerprint density at radius 2 is 2.25 bits per heavy atom. The molecule has 0 aliphatic rings. The highest BCUT2D eigenvalue weighted by Crippen LogP contribution is 2.28. The Morgan fingerprint density at radius 1 is 1.35 bits per heavy atom. The first-order valence-electron chi connectivity index (χ1n) is 6.78. The number of nitrogens with one attached hydrogen (secondary N) is 1. The van der Waals surface area contributed by atoms with Crippen LogP contribution in [-0.4, -0.2) is 16.1 Å². The van der Waals surface area contributed by atoms with Crippen molar-refractivity contribution in [1.29, 1.82) is 0 Å². The van der Waals surface area contributed by atoms with Crippen molar-refractivity contribution in [2.24, 2.45) is 0 Å². The van der Waals surface area contributed by atoms with Gasteiger partial charge in [-0.15, -0.1) is 5.10 Å². The van der Waals surface area contributed by atoms with Crippen molar-refractivity contribution in [3.63, 3.8) is 0 Å². The van der Waals surface area contributed by atoms with E-state index in [4.69, 9.17) is 4.42 Å². The summed E-state index contributed by atoms with van der Waals surface area (Å²) in [6.07, 6.45) is 1.06. The standard InChI is InChI=1S/C15H17N3OS/c1-3-6-16-15(12-9-20-18-17-12)14-8-11-7-10(2)4-5-13(11)19-14/h4-5,7-9,15-16H,3,6H2,1-2H3. The lowest BCUT2D eigenvalue weighted by Gasteiger charge is -2.12. The first kappa shape index (κ1) is 13.3. The molecule has 0 saturated heterocycles. The summed E-state index contributed by atoms with van der Waals surface area (Å²) >= 11 is 1.36. The van der Waals surface area contributed by atoms with Gasteiger partial charge in [0.1, 0.15) is 23.1 Å². The average Bonchev–Trinajstić information content (AvgIpc) is 3.08. The molecule has 104 valence electrons. The lowest BCUT2D eigenvalue weighted by Crippen LogP contribution is -2.23. The molecular weight excluding hydrogens is 270 g/mol. The molecule has 0 aliphatic carbocycles. The van der Waals surface area contributed by atoms with Gasteiger partial charge < -0.3 is 9.73 Å². The van der Waals surface area contributed by atoms with Gasteiger partial charge in [-0.05, 0) is 49.6 Å². The second-order valence-corrected chi connectivity index (χ2v) is 5.52. The van der Waals surface area contributed by atoms with E-state index in [-0.39, 0.29) is 6.04 Å². The fraction of sp³-hybridized carbons (Fsp3) is 0.333. The van der Waals surface area contributed by atoms with Crippen LogP contribution < -0.4 is 5.32 Å². The minimum absolute atomic E-state index is 0.0265. The van der Waals surface area contributed by atoms with Crippen molar-refractivity contribution in [3.8, 4) is 0 Å². The number of fused-ring (bicyclic) bond motifs is 1. The minimum atomic E-state index is -0.0265. The van der Waals surface area contributed by atoms with Gasteiger partial charge in [0.15, 0.2) is 0 Å². The third kappa shape index (κ3) is 2.59. The monoisotopic (exact) mass is 287 g/mol. The highest BCUT2D eigenvalue weighted by molar-refractivity contribution is 7.03. The zero-order valence-corrected chi connectivity index (χ0v) is 12.4. The molecule has 5 heteroatoms. The SMILES string of the molecule is CCCNC(c1csnn1)c1cc2cc(C)ccc2o1. The minimum Gasteiger partial charge on any atom is -0.459 e. The van der Waals surface area contributed by atoms with E-state index >= 15 is 0 Å². The fourth-order valence-electron chi connectivity index (χ4n) is 2.26. The molecule has 0 radical (unpaired) electrons. The number of aromatic nitrogens is 2. The molecule has 20 heavy (non-hydrogen) atoms. The lowest BCUT2D eigenvalue weighted by atomic mass is 10.1. The second kappa shape index (κ2) is 5.73. The Kier molecular flexibility index (Phi) is 3.80. The van der Waals surface area contributed by atoms with Gasteiger partial charge in [0.2, 0.25) is 0 Å². The summed E-state index contributed by atoms with van der Waals surface area (Å²) in [5.41, 5.74) is 3.06. The number of nitrogens with zero attached hydrogens (tertiary/aromatic N) is 2. The van der Waals surface area contributed by atoms with Crippen LogP contribution in [0.1, 0.15) is 36.4 Å². The lowest BCUT2D eigenvalue weighted by molar-refractivity contribution is 0.463. The zero-order valence-electron chi connectivity index (χ0n) is 11.6. The van der Waals surface area contributed by atoms with Crippen LogP contribution in [0.25, 0.3) is 11.0 Å². The maximum atomic E-state index is 5.98. The van der Waals surface area contributed by atoms with Gasteiger partial charge in [-0.2, -0.15) is 0 Å². The molecule has 1 N–H and O–H groups in total. The summed E-state index contributed by atoms with van der Waals surface area (Å²) in [6.45, 7) is 5.15. The third-order valence-electron chi connectivity index (χ3n) is 3.25. The molecule has 0 saturated carbocycles. The van der Waals surface area contributed by atoms with Crippen LogP contribution in [-0.2, 0) is 0 Å². The van der Waals surface area contributed by atoms with Crippen molar-refractivity contribution in [1.82, 2.24) is 14.9 Å². The van der Waals surface area contributed by atoms with Crippen molar-refractivity contribution < 1.29 is 4.42 Å². The van der Waals surface area contributed by atoms with Gasteiger partial charge in [0, 0.05) is 10.8 Å². The number of aryl methyl sites for hydroxylation is 1. The first-order valence-corrected chi connectivity index (χ1v) is 7.62. The Balaban J connectivity index is 1.99. The predicted octanol–water partition coefficient (Wildman–Crippen LogP) is 3.68. The van der Waals surface area contributed by atoms with E-state index in [9.17, 15) is 0 Å². The van der Waals surface area contributed by atoms with Crippen LogP contribution in [0.2, 0.25) is 0 Å². The molecular formula is C15H17N3OS. The van der Waals surface area contributed by atoms with Crippen LogP contribution in [0.15, 0.2) is 34.1 Å². The van der Waals surface area contributed by atoms with E-state index in [1.165, 1.54) is 17.1 Å². The number of rotatable bonds is 5. The van der Waals surface area contributed by atoms with Gasteiger partial charge >= 0.3 is 0 Å². The first-order chi connectivity index (χ1) is 9.78. The van der Waals surface area contributed by atoms with Crippen LogP contribution in [0, 0.1) is 6.92 Å². The van der Waals surface area contributed by atoms with Crippen molar-refractivity contribution in [3.05, 3.63) is 46.7 Å². The van der Waals surface area contributed by atoms with E-state index in [0.29, 0.717) is 0 Å². The Bertz CT molecular complexity index is 690. The molecule has 1 atom stereocenters. The maximum Gasteiger partial charge on any atom is 0.134 e. The molecule has 0 spiro atoms. The second-order valence-electron chi connectivity index (χ2n) is 4.91. The molecule has 1 aromatic carbocycles. The highest BCUT2D eigenvalue weighted by atomic mass is 32.1. The van der Waals surface area contributed by atoms with E-state index in [1.807, 2.05) is 11.4 Å². The quantitative estimate of drug-likeness (QED) is 0.777. The van der Waals surface area contributed by atoms with Crippen molar-refractivity contribution in [2.75, 3.05) is 6.54 Å². The normalized spacial score (nSPS) is 12.9. The molecule has 3 aromatic rings. The highest BCUT2D eigenvalue weighted by Gasteiger charge is 2.20. The smallest absolute Gasteiger partial charge is 0.134 e. The van der Waals surface area contributed by atoms with Crippen molar-refractivity contribution in [2.45, 2.75) is 26.3 Å². The van der Waals surface area contributed by atoms with Gasteiger partial charge in [0.05, 0.1) is 0 Å². The van der Waals surface area contributed by atoms with Crippen LogP contribution in [0.3, 0.4) is 0 Å². The van der Waals surface area contributed by atoms with Gasteiger partial charge in [-0.25, -0.2) is 0 Å². The molecule has 0 bridgehead atoms. The number of hydrogen-bond donors (Lipinski definition) is 1. The average molecular weight is 287 g/mol. The number of furan rings is 1. The molecule has 0 aliphatic heterocycles. The maximum absolute atomic E-state index is 5.98. The van der Waals surface area contributed by atoms with E-state index in [1.54, 1.807) is 0 Å². The van der Waals surface area contributed by atoms with Crippen LogP contribution in [0.5, 0.6) is 0 Å². The van der Waals surface area contributed by atoms with Gasteiger partial charge in [-0.3, -0.25) is 0 Å². The number of benzene rings is 1.